The highest BCUT2D eigenvalue weighted by atomic mass is 19.2. The van der Waals surface area contributed by atoms with Crippen LogP contribution >= 0.6 is 0 Å². The quantitative estimate of drug-likeness (QED) is 0.720. The molecule has 12 heavy (non-hydrogen) atoms. The van der Waals surface area contributed by atoms with Crippen molar-refractivity contribution < 1.29 is 13.9 Å². The molecule has 0 heterocycles. The Morgan fingerprint density at radius 2 is 2.00 bits per heavy atom. The number of benzene rings is 1. The van der Waals surface area contributed by atoms with E-state index in [9.17, 15) is 8.78 Å². The van der Waals surface area contributed by atoms with Crippen LogP contribution in [0.4, 0.5) is 8.78 Å². The minimum absolute atomic E-state index is 0.476. The first-order valence-electron chi connectivity index (χ1n) is 3.57. The lowest BCUT2D eigenvalue weighted by Gasteiger charge is -2.03. The molecular weight excluding hydrogens is 162 g/mol. The minimum atomic E-state index is -0.899. The lowest BCUT2D eigenvalue weighted by atomic mass is 10.1. The van der Waals surface area contributed by atoms with Crippen LogP contribution in [0.3, 0.4) is 0 Å². The average molecular weight is 171 g/mol. The topological polar surface area (TPSA) is 20.2 Å². The number of aliphatic hydroxyl groups is 1. The first kappa shape index (κ1) is 9.13. The number of halogens is 2. The Balaban J connectivity index is 2.82. The Labute approximate surface area is 69.7 Å². The van der Waals surface area contributed by atoms with E-state index >= 15 is 0 Å². The molecule has 1 aromatic carbocycles. The summed E-state index contributed by atoms with van der Waals surface area (Å²) in [5.74, 6) is -1.78. The molecule has 1 unspecified atom stereocenters. The van der Waals surface area contributed by atoms with Crippen LogP contribution < -0.4 is 0 Å². The van der Waals surface area contributed by atoms with Gasteiger partial charge in [-0.3, -0.25) is 0 Å². The Kier molecular flexibility index (Phi) is 2.76. The van der Waals surface area contributed by atoms with Crippen molar-refractivity contribution in [2.45, 2.75) is 13.0 Å². The van der Waals surface area contributed by atoms with E-state index in [2.05, 4.69) is 0 Å². The molecule has 0 saturated carbocycles. The largest absolute Gasteiger partial charge is 0.393 e. The van der Waals surface area contributed by atoms with Gasteiger partial charge >= 0.3 is 0 Å². The fourth-order valence-corrected chi connectivity index (χ4v) is 0.895. The Bertz CT molecular complexity index is 271. The van der Waals surface area contributed by atoms with Crippen molar-refractivity contribution in [1.82, 2.24) is 0 Å². The Morgan fingerprint density at radius 1 is 1.33 bits per heavy atom. The van der Waals surface area contributed by atoms with Gasteiger partial charge in [0.05, 0.1) is 6.10 Å². The molecule has 0 aliphatic heterocycles. The maximum absolute atomic E-state index is 12.6. The SMILES string of the molecule is CC(O)[CH]c1ccc(F)c(F)c1. The molecule has 0 aliphatic carbocycles. The second-order valence-electron chi connectivity index (χ2n) is 2.58. The molecule has 1 rings (SSSR count). The van der Waals surface area contributed by atoms with Gasteiger partial charge in [0.1, 0.15) is 0 Å². The molecule has 0 saturated heterocycles. The summed E-state index contributed by atoms with van der Waals surface area (Å²) >= 11 is 0. The highest BCUT2D eigenvalue weighted by molar-refractivity contribution is 5.25. The van der Waals surface area contributed by atoms with Gasteiger partial charge in [-0.1, -0.05) is 6.07 Å². The molecule has 0 spiro atoms. The molecule has 0 aromatic heterocycles. The van der Waals surface area contributed by atoms with Crippen molar-refractivity contribution in [3.63, 3.8) is 0 Å². The molecule has 0 fully saturated rings. The molecule has 1 radical (unpaired) electrons. The zero-order valence-corrected chi connectivity index (χ0v) is 6.59. The van der Waals surface area contributed by atoms with Crippen molar-refractivity contribution in [1.29, 1.82) is 0 Å². The number of aliphatic hydroxyl groups excluding tert-OH is 1. The van der Waals surface area contributed by atoms with Gasteiger partial charge in [0.15, 0.2) is 11.6 Å². The molecule has 0 bridgehead atoms. The third-order valence-electron chi connectivity index (χ3n) is 1.38. The molecule has 65 valence electrons. The molecule has 3 heteroatoms. The second kappa shape index (κ2) is 3.63. The van der Waals surface area contributed by atoms with E-state index < -0.39 is 17.7 Å². The monoisotopic (exact) mass is 171 g/mol. The van der Waals surface area contributed by atoms with Gasteiger partial charge in [-0.15, -0.1) is 0 Å². The average Bonchev–Trinajstić information content (AvgIpc) is 1.96. The van der Waals surface area contributed by atoms with Gasteiger partial charge in [-0.25, -0.2) is 8.78 Å². The van der Waals surface area contributed by atoms with Gasteiger partial charge in [-0.2, -0.15) is 0 Å². The highest BCUT2D eigenvalue weighted by Crippen LogP contribution is 2.11. The number of rotatable bonds is 2. The van der Waals surface area contributed by atoms with Crippen molar-refractivity contribution >= 4 is 0 Å². The third kappa shape index (κ3) is 2.27. The van der Waals surface area contributed by atoms with Crippen LogP contribution in [-0.4, -0.2) is 11.2 Å². The summed E-state index contributed by atoms with van der Waals surface area (Å²) in [7, 11) is 0. The van der Waals surface area contributed by atoms with Gasteiger partial charge in [0, 0.05) is 6.42 Å². The van der Waals surface area contributed by atoms with Crippen LogP contribution in [0.2, 0.25) is 0 Å². The van der Waals surface area contributed by atoms with Gasteiger partial charge < -0.3 is 5.11 Å². The summed E-state index contributed by atoms with van der Waals surface area (Å²) in [5.41, 5.74) is 0.476. The van der Waals surface area contributed by atoms with Crippen molar-refractivity contribution in [2.75, 3.05) is 0 Å². The van der Waals surface area contributed by atoms with E-state index in [0.717, 1.165) is 12.1 Å². The van der Waals surface area contributed by atoms with E-state index in [0.29, 0.717) is 5.56 Å². The number of hydrogen-bond donors (Lipinski definition) is 1. The molecule has 0 amide bonds. The lowest BCUT2D eigenvalue weighted by molar-refractivity contribution is 0.231. The van der Waals surface area contributed by atoms with Crippen molar-refractivity contribution in [2.24, 2.45) is 0 Å². The normalized spacial score (nSPS) is 13.0. The predicted molar refractivity (Wildman–Crippen MR) is 41.4 cm³/mol. The van der Waals surface area contributed by atoms with E-state index in [1.54, 1.807) is 6.92 Å². The fraction of sp³-hybridized carbons (Fsp3) is 0.222. The third-order valence-corrected chi connectivity index (χ3v) is 1.38. The fourth-order valence-electron chi connectivity index (χ4n) is 0.895. The van der Waals surface area contributed by atoms with E-state index in [1.807, 2.05) is 0 Å². The molecule has 1 aromatic rings. The Morgan fingerprint density at radius 3 is 2.50 bits per heavy atom. The van der Waals surface area contributed by atoms with Crippen LogP contribution in [0.1, 0.15) is 12.5 Å². The van der Waals surface area contributed by atoms with Crippen LogP contribution in [0.15, 0.2) is 18.2 Å². The van der Waals surface area contributed by atoms with E-state index in [-0.39, 0.29) is 0 Å². The minimum Gasteiger partial charge on any atom is -0.393 e. The van der Waals surface area contributed by atoms with Crippen LogP contribution in [0.5, 0.6) is 0 Å². The van der Waals surface area contributed by atoms with Crippen LogP contribution in [0, 0.1) is 18.1 Å². The van der Waals surface area contributed by atoms with E-state index in [4.69, 9.17) is 5.11 Å². The molecule has 1 atom stereocenters. The summed E-state index contributed by atoms with van der Waals surface area (Å²) in [6.07, 6.45) is 0.776. The maximum Gasteiger partial charge on any atom is 0.159 e. The molecule has 1 N–H and O–H groups in total. The number of hydrogen-bond acceptors (Lipinski definition) is 1. The summed E-state index contributed by atoms with van der Waals surface area (Å²) < 4.78 is 24.9. The van der Waals surface area contributed by atoms with Crippen molar-refractivity contribution in [3.8, 4) is 0 Å². The van der Waals surface area contributed by atoms with Gasteiger partial charge in [0.25, 0.3) is 0 Å². The summed E-state index contributed by atoms with van der Waals surface area (Å²) in [5, 5.41) is 8.89. The van der Waals surface area contributed by atoms with Gasteiger partial charge in [-0.05, 0) is 24.6 Å². The lowest BCUT2D eigenvalue weighted by Crippen LogP contribution is -2.01. The van der Waals surface area contributed by atoms with Crippen molar-refractivity contribution in [3.05, 3.63) is 41.8 Å². The summed E-state index contributed by atoms with van der Waals surface area (Å²) in [4.78, 5) is 0. The molecule has 0 aliphatic rings. The molecule has 1 nitrogen and oxygen atoms in total. The zero-order chi connectivity index (χ0) is 9.14. The van der Waals surface area contributed by atoms with Crippen LogP contribution in [0.25, 0.3) is 0 Å². The van der Waals surface area contributed by atoms with Gasteiger partial charge in [0.2, 0.25) is 0 Å². The highest BCUT2D eigenvalue weighted by Gasteiger charge is 2.04. The first-order chi connectivity index (χ1) is 5.59. The standard InChI is InChI=1S/C9H9F2O/c1-6(12)4-7-2-3-8(10)9(11)5-7/h2-6,12H,1H3. The molecular formula is C9H9F2O. The maximum atomic E-state index is 12.6. The summed E-state index contributed by atoms with van der Waals surface area (Å²) in [6, 6.07) is 3.48. The second-order valence-corrected chi connectivity index (χ2v) is 2.58. The van der Waals surface area contributed by atoms with E-state index in [1.165, 1.54) is 12.5 Å². The first-order valence-corrected chi connectivity index (χ1v) is 3.57. The Hall–Kier alpha value is -0.960. The van der Waals surface area contributed by atoms with Crippen LogP contribution in [-0.2, 0) is 0 Å². The summed E-state index contributed by atoms with van der Waals surface area (Å²) in [6.45, 7) is 1.54. The smallest absolute Gasteiger partial charge is 0.159 e. The zero-order valence-electron chi connectivity index (χ0n) is 6.59. The predicted octanol–water partition coefficient (Wildman–Crippen LogP) is 1.90.